The summed E-state index contributed by atoms with van der Waals surface area (Å²) in [5.41, 5.74) is 6.05. The molecule has 1 aromatic heterocycles. The normalized spacial score (nSPS) is 19.1. The van der Waals surface area contributed by atoms with Crippen LogP contribution in [0.3, 0.4) is 0 Å². The maximum atomic E-state index is 13.6. The van der Waals surface area contributed by atoms with Crippen molar-refractivity contribution in [1.29, 1.82) is 0 Å². The molecular formula is C30H26ClNO2. The summed E-state index contributed by atoms with van der Waals surface area (Å²) >= 11 is 6.35. The molecule has 3 nitrogen and oxygen atoms in total. The Bertz CT molecular complexity index is 1510. The summed E-state index contributed by atoms with van der Waals surface area (Å²) in [6.45, 7) is 6.36. The largest absolute Gasteiger partial charge is 0.459 e. The van der Waals surface area contributed by atoms with E-state index in [9.17, 15) is 4.79 Å². The summed E-state index contributed by atoms with van der Waals surface area (Å²) in [5.74, 6) is 1.69. The van der Waals surface area contributed by atoms with E-state index in [4.69, 9.17) is 16.0 Å². The Kier molecular flexibility index (Phi) is 4.76. The van der Waals surface area contributed by atoms with Gasteiger partial charge in [-0.25, -0.2) is 0 Å². The zero-order valence-electron chi connectivity index (χ0n) is 19.5. The van der Waals surface area contributed by atoms with Crippen LogP contribution in [0.4, 0.5) is 5.69 Å². The Morgan fingerprint density at radius 2 is 1.79 bits per heavy atom. The van der Waals surface area contributed by atoms with Crippen molar-refractivity contribution in [3.05, 3.63) is 94.2 Å². The molecule has 0 radical (unpaired) electrons. The van der Waals surface area contributed by atoms with Gasteiger partial charge in [-0.1, -0.05) is 67.9 Å². The summed E-state index contributed by atoms with van der Waals surface area (Å²) in [4.78, 5) is 13.6. The Morgan fingerprint density at radius 3 is 2.65 bits per heavy atom. The molecule has 4 aromatic rings. The third-order valence-electron chi connectivity index (χ3n) is 7.18. The van der Waals surface area contributed by atoms with Crippen molar-refractivity contribution >= 4 is 39.4 Å². The summed E-state index contributed by atoms with van der Waals surface area (Å²) in [6, 6.07) is 22.1. The van der Waals surface area contributed by atoms with Gasteiger partial charge in [-0.2, -0.15) is 0 Å². The highest BCUT2D eigenvalue weighted by atomic mass is 35.5. The lowest BCUT2D eigenvalue weighted by molar-refractivity contribution is -0.118. The lowest BCUT2D eigenvalue weighted by Crippen LogP contribution is -2.33. The SMILES string of the molecule is Cc1c(Cl)cccc1-c1ccc([C@H]2Nc3ccc4ccccc4c3C3=C2C(=O)CC(C)(C)C3)o1. The van der Waals surface area contributed by atoms with E-state index in [0.717, 1.165) is 51.5 Å². The van der Waals surface area contributed by atoms with Crippen LogP contribution in [0.1, 0.15) is 49.6 Å². The number of halogens is 1. The molecule has 0 unspecified atom stereocenters. The molecule has 1 aliphatic carbocycles. The van der Waals surface area contributed by atoms with Crippen LogP contribution < -0.4 is 5.32 Å². The quantitative estimate of drug-likeness (QED) is 0.322. The molecule has 0 bridgehead atoms. The van der Waals surface area contributed by atoms with Crippen molar-refractivity contribution in [1.82, 2.24) is 0 Å². The number of furan rings is 1. The van der Waals surface area contributed by atoms with Gasteiger partial charge in [0.25, 0.3) is 0 Å². The number of rotatable bonds is 2. The molecule has 4 heteroatoms. The average Bonchev–Trinajstić information content (AvgIpc) is 3.29. The van der Waals surface area contributed by atoms with Gasteiger partial charge in [-0.3, -0.25) is 4.79 Å². The van der Waals surface area contributed by atoms with Gasteiger partial charge in [0.1, 0.15) is 17.6 Å². The highest BCUT2D eigenvalue weighted by Crippen LogP contribution is 2.52. The van der Waals surface area contributed by atoms with Crippen molar-refractivity contribution in [2.24, 2.45) is 5.41 Å². The number of nitrogens with one attached hydrogen (secondary N) is 1. The van der Waals surface area contributed by atoms with E-state index in [1.807, 2.05) is 37.3 Å². The van der Waals surface area contributed by atoms with Gasteiger partial charge in [-0.15, -0.1) is 0 Å². The standard InChI is InChI=1S/C30H26ClNO2/c1-17-19(9-6-10-22(17)31)25-13-14-26(34-25)29-28-21(15-30(2,3)16-24(28)33)27-20-8-5-4-7-18(20)11-12-23(27)32-29/h4-14,29,32H,15-16H2,1-3H3/t29-/m1/s1. The van der Waals surface area contributed by atoms with Crippen LogP contribution in [-0.4, -0.2) is 5.78 Å². The van der Waals surface area contributed by atoms with Gasteiger partial charge < -0.3 is 9.73 Å². The van der Waals surface area contributed by atoms with Crippen molar-refractivity contribution in [2.45, 2.75) is 39.7 Å². The van der Waals surface area contributed by atoms with Crippen LogP contribution in [0.5, 0.6) is 0 Å². The summed E-state index contributed by atoms with van der Waals surface area (Å²) in [7, 11) is 0. The van der Waals surface area contributed by atoms with Gasteiger partial charge in [0, 0.05) is 33.8 Å². The minimum Gasteiger partial charge on any atom is -0.459 e. The molecule has 1 N–H and O–H groups in total. The van der Waals surface area contributed by atoms with Gasteiger partial charge in [0.15, 0.2) is 5.78 Å². The number of anilines is 1. The Hall–Kier alpha value is -3.30. The topological polar surface area (TPSA) is 42.2 Å². The highest BCUT2D eigenvalue weighted by molar-refractivity contribution is 6.31. The predicted molar refractivity (Wildman–Crippen MR) is 139 cm³/mol. The van der Waals surface area contributed by atoms with Crippen molar-refractivity contribution in [2.75, 3.05) is 5.32 Å². The van der Waals surface area contributed by atoms with Gasteiger partial charge in [0.2, 0.25) is 0 Å². The van der Waals surface area contributed by atoms with E-state index in [2.05, 4.69) is 55.6 Å². The van der Waals surface area contributed by atoms with Crippen molar-refractivity contribution in [3.63, 3.8) is 0 Å². The van der Waals surface area contributed by atoms with Gasteiger partial charge >= 0.3 is 0 Å². The molecule has 34 heavy (non-hydrogen) atoms. The maximum Gasteiger partial charge on any atom is 0.162 e. The van der Waals surface area contributed by atoms with Crippen LogP contribution >= 0.6 is 11.6 Å². The van der Waals surface area contributed by atoms with E-state index in [-0.39, 0.29) is 17.2 Å². The third-order valence-corrected chi connectivity index (χ3v) is 7.59. The van der Waals surface area contributed by atoms with E-state index in [1.54, 1.807) is 0 Å². The van der Waals surface area contributed by atoms with Crippen LogP contribution in [-0.2, 0) is 4.79 Å². The molecule has 1 aliphatic heterocycles. The minimum absolute atomic E-state index is 0.0851. The van der Waals surface area contributed by atoms with E-state index in [1.165, 1.54) is 10.8 Å². The van der Waals surface area contributed by atoms with E-state index >= 15 is 0 Å². The number of Topliss-reactive ketones (excluding diaryl/α,β-unsaturated/α-hetero) is 1. The van der Waals surface area contributed by atoms with Gasteiger partial charge in [-0.05, 0) is 64.9 Å². The second kappa shape index (κ2) is 7.61. The molecule has 0 saturated carbocycles. The highest BCUT2D eigenvalue weighted by Gasteiger charge is 2.41. The minimum atomic E-state index is -0.319. The van der Waals surface area contributed by atoms with Crippen molar-refractivity contribution in [3.8, 4) is 11.3 Å². The molecule has 3 aromatic carbocycles. The first-order chi connectivity index (χ1) is 16.3. The molecule has 0 saturated heterocycles. The number of hydrogen-bond acceptors (Lipinski definition) is 3. The fourth-order valence-corrected chi connectivity index (χ4v) is 5.75. The fraction of sp³-hybridized carbons (Fsp3) is 0.233. The number of allylic oxidation sites excluding steroid dienone is 1. The molecule has 2 heterocycles. The molecule has 170 valence electrons. The summed E-state index contributed by atoms with van der Waals surface area (Å²) < 4.78 is 6.39. The van der Waals surface area contributed by atoms with Crippen LogP contribution in [0, 0.1) is 12.3 Å². The number of carbonyl (C=O) groups is 1. The first-order valence-corrected chi connectivity index (χ1v) is 12.1. The average molecular weight is 468 g/mol. The second-order valence-electron chi connectivity index (χ2n) is 10.2. The number of benzene rings is 3. The summed E-state index contributed by atoms with van der Waals surface area (Å²) in [6.07, 6.45) is 1.39. The lowest BCUT2D eigenvalue weighted by Gasteiger charge is -2.39. The molecular weight excluding hydrogens is 442 g/mol. The predicted octanol–water partition coefficient (Wildman–Crippen LogP) is 8.37. The molecule has 0 spiro atoms. The molecule has 0 amide bonds. The van der Waals surface area contributed by atoms with Crippen molar-refractivity contribution < 1.29 is 9.21 Å². The Balaban J connectivity index is 1.54. The number of hydrogen-bond donors (Lipinski definition) is 1. The lowest BCUT2D eigenvalue weighted by atomic mass is 9.68. The molecule has 2 aliphatic rings. The smallest absolute Gasteiger partial charge is 0.162 e. The molecule has 1 atom stereocenters. The third kappa shape index (κ3) is 3.30. The van der Waals surface area contributed by atoms with E-state index in [0.29, 0.717) is 11.4 Å². The van der Waals surface area contributed by atoms with E-state index < -0.39 is 0 Å². The number of carbonyl (C=O) groups excluding carboxylic acids is 1. The first-order valence-electron chi connectivity index (χ1n) is 11.7. The van der Waals surface area contributed by atoms with Crippen LogP contribution in [0.15, 0.2) is 76.7 Å². The van der Waals surface area contributed by atoms with Crippen LogP contribution in [0.2, 0.25) is 5.02 Å². The Labute approximate surface area is 204 Å². The zero-order valence-corrected chi connectivity index (χ0v) is 20.3. The number of ketones is 1. The molecule has 0 fully saturated rings. The van der Waals surface area contributed by atoms with Gasteiger partial charge in [0.05, 0.1) is 0 Å². The van der Waals surface area contributed by atoms with Crippen LogP contribution in [0.25, 0.3) is 27.7 Å². The zero-order chi connectivity index (χ0) is 23.6. The Morgan fingerprint density at radius 1 is 0.971 bits per heavy atom. The number of fused-ring (bicyclic) bond motifs is 4. The second-order valence-corrected chi connectivity index (χ2v) is 10.6. The first kappa shape index (κ1) is 21.2. The molecule has 6 rings (SSSR count). The monoisotopic (exact) mass is 467 g/mol. The summed E-state index contributed by atoms with van der Waals surface area (Å²) in [5, 5.41) is 6.73. The maximum absolute atomic E-state index is 13.6. The fourth-order valence-electron chi connectivity index (χ4n) is 5.58.